The molecule has 1 aromatic rings. The van der Waals surface area contributed by atoms with Gasteiger partial charge in [0.1, 0.15) is 17.8 Å². The monoisotopic (exact) mass is 302 g/mol. The van der Waals surface area contributed by atoms with Crippen LogP contribution in [0.1, 0.15) is 13.3 Å². The summed E-state index contributed by atoms with van der Waals surface area (Å²) < 4.78 is 5.08. The van der Waals surface area contributed by atoms with Crippen molar-refractivity contribution in [3.05, 3.63) is 36.2 Å². The van der Waals surface area contributed by atoms with Crippen LogP contribution in [0.5, 0.6) is 5.75 Å². The Morgan fingerprint density at radius 3 is 2.77 bits per heavy atom. The maximum Gasteiger partial charge on any atom is 0.248 e. The first-order valence-electron chi connectivity index (χ1n) is 7.05. The third-order valence-electron chi connectivity index (χ3n) is 3.73. The molecule has 2 aliphatic rings. The zero-order valence-corrected chi connectivity index (χ0v) is 12.4. The van der Waals surface area contributed by atoms with E-state index < -0.39 is 6.04 Å². The van der Waals surface area contributed by atoms with Gasteiger partial charge in [0.2, 0.25) is 11.8 Å². The molecule has 0 aromatic heterocycles. The Balaban J connectivity index is 1.65. The molecule has 0 spiro atoms. The number of amides is 2. The molecule has 22 heavy (non-hydrogen) atoms. The molecule has 7 heteroatoms. The number of hydrazine groups is 1. The fourth-order valence-corrected chi connectivity index (χ4v) is 2.61. The van der Waals surface area contributed by atoms with E-state index in [0.29, 0.717) is 12.1 Å². The van der Waals surface area contributed by atoms with Gasteiger partial charge in [-0.15, -0.1) is 0 Å². The lowest BCUT2D eigenvalue weighted by molar-refractivity contribution is -0.125. The van der Waals surface area contributed by atoms with Gasteiger partial charge in [-0.25, -0.2) is 5.43 Å². The largest absolute Gasteiger partial charge is 0.497 e. The highest BCUT2D eigenvalue weighted by atomic mass is 16.5. The lowest BCUT2D eigenvalue weighted by Gasteiger charge is -2.27. The number of carbonyl (C=O) groups is 2. The summed E-state index contributed by atoms with van der Waals surface area (Å²) in [6.07, 6.45) is 2.23. The van der Waals surface area contributed by atoms with E-state index >= 15 is 0 Å². The fourth-order valence-electron chi connectivity index (χ4n) is 2.61. The second-order valence-electron chi connectivity index (χ2n) is 5.36. The molecule has 3 rings (SSSR count). The Morgan fingerprint density at radius 2 is 2.09 bits per heavy atom. The third kappa shape index (κ3) is 2.75. The molecule has 0 saturated carbocycles. The molecule has 2 unspecified atom stereocenters. The molecule has 1 aromatic carbocycles. The van der Waals surface area contributed by atoms with Crippen LogP contribution in [-0.4, -0.2) is 36.0 Å². The lowest BCUT2D eigenvalue weighted by atomic mass is 10.1. The van der Waals surface area contributed by atoms with Gasteiger partial charge in [0.05, 0.1) is 7.11 Å². The van der Waals surface area contributed by atoms with E-state index in [-0.39, 0.29) is 17.9 Å². The number of rotatable bonds is 3. The Morgan fingerprint density at radius 1 is 1.36 bits per heavy atom. The van der Waals surface area contributed by atoms with Crippen LogP contribution in [0.15, 0.2) is 36.2 Å². The van der Waals surface area contributed by atoms with E-state index in [4.69, 9.17) is 4.74 Å². The van der Waals surface area contributed by atoms with Gasteiger partial charge in [0.15, 0.2) is 0 Å². The summed E-state index contributed by atoms with van der Waals surface area (Å²) in [7, 11) is 1.59. The van der Waals surface area contributed by atoms with E-state index in [9.17, 15) is 9.59 Å². The second-order valence-corrected chi connectivity index (χ2v) is 5.36. The number of hydrogen-bond donors (Lipinski definition) is 3. The molecular formula is C15H18N4O3. The maximum atomic E-state index is 12.3. The van der Waals surface area contributed by atoms with Crippen LogP contribution >= 0.6 is 0 Å². The van der Waals surface area contributed by atoms with Crippen molar-refractivity contribution in [3.63, 3.8) is 0 Å². The minimum Gasteiger partial charge on any atom is -0.497 e. The van der Waals surface area contributed by atoms with E-state index in [1.165, 1.54) is 0 Å². The molecule has 7 nitrogen and oxygen atoms in total. The molecule has 3 N–H and O–H groups in total. The average molecular weight is 302 g/mol. The van der Waals surface area contributed by atoms with Crippen LogP contribution in [0.4, 0.5) is 5.69 Å². The summed E-state index contributed by atoms with van der Waals surface area (Å²) in [5.74, 6) is 0.470. The Kier molecular flexibility index (Phi) is 3.72. The molecule has 1 fully saturated rings. The third-order valence-corrected chi connectivity index (χ3v) is 3.73. The van der Waals surface area contributed by atoms with Crippen LogP contribution in [0.25, 0.3) is 0 Å². The minimum atomic E-state index is -0.444. The molecule has 0 aliphatic carbocycles. The standard InChI is InChI=1S/C15H18N4O3/c1-9-8-19-13(15(21)16-9)7-12(18-19)14(20)17-10-3-5-11(22-2)6-4-10/h3-6,8,12-13,18H,7H2,1-2H3,(H,16,21)(H,17,20). The van der Waals surface area contributed by atoms with Gasteiger partial charge in [-0.05, 0) is 31.2 Å². The fraction of sp³-hybridized carbons (Fsp3) is 0.333. The zero-order valence-electron chi connectivity index (χ0n) is 12.4. The lowest BCUT2D eigenvalue weighted by Crippen LogP contribution is -2.48. The number of allylic oxidation sites excluding steroid dienone is 1. The predicted molar refractivity (Wildman–Crippen MR) is 80.7 cm³/mol. The average Bonchev–Trinajstić information content (AvgIpc) is 2.92. The van der Waals surface area contributed by atoms with E-state index in [2.05, 4.69) is 16.1 Å². The van der Waals surface area contributed by atoms with Crippen LogP contribution in [0.2, 0.25) is 0 Å². The number of nitrogens with zero attached hydrogens (tertiary/aromatic N) is 1. The number of ether oxygens (including phenoxy) is 1. The number of anilines is 1. The van der Waals surface area contributed by atoms with Crippen molar-refractivity contribution >= 4 is 17.5 Å². The first-order valence-corrected chi connectivity index (χ1v) is 7.05. The van der Waals surface area contributed by atoms with Crippen molar-refractivity contribution in [1.29, 1.82) is 0 Å². The van der Waals surface area contributed by atoms with Gasteiger partial charge in [0.25, 0.3) is 0 Å². The van der Waals surface area contributed by atoms with Gasteiger partial charge in [-0.3, -0.25) is 9.59 Å². The molecular weight excluding hydrogens is 284 g/mol. The predicted octanol–water partition coefficient (Wildman–Crippen LogP) is 0.572. The number of fused-ring (bicyclic) bond motifs is 1. The maximum absolute atomic E-state index is 12.3. The summed E-state index contributed by atoms with van der Waals surface area (Å²) >= 11 is 0. The summed E-state index contributed by atoms with van der Waals surface area (Å²) in [6, 6.07) is 6.31. The van der Waals surface area contributed by atoms with Gasteiger partial charge in [-0.2, -0.15) is 0 Å². The number of methoxy groups -OCH3 is 1. The van der Waals surface area contributed by atoms with Gasteiger partial charge in [0, 0.05) is 24.0 Å². The topological polar surface area (TPSA) is 82.7 Å². The van der Waals surface area contributed by atoms with Crippen molar-refractivity contribution in [2.75, 3.05) is 12.4 Å². The molecule has 0 radical (unpaired) electrons. The minimum absolute atomic E-state index is 0.0905. The number of hydrogen-bond acceptors (Lipinski definition) is 5. The van der Waals surface area contributed by atoms with Crippen LogP contribution < -0.4 is 20.8 Å². The summed E-state index contributed by atoms with van der Waals surface area (Å²) in [6.45, 7) is 1.81. The van der Waals surface area contributed by atoms with Gasteiger partial charge in [-0.1, -0.05) is 0 Å². The summed E-state index contributed by atoms with van der Waals surface area (Å²) in [5.41, 5.74) is 4.50. The highest BCUT2D eigenvalue weighted by Crippen LogP contribution is 2.21. The van der Waals surface area contributed by atoms with Crippen molar-refractivity contribution in [2.24, 2.45) is 0 Å². The number of benzene rings is 1. The van der Waals surface area contributed by atoms with Crippen LogP contribution in [0, 0.1) is 0 Å². The second kappa shape index (κ2) is 5.69. The van der Waals surface area contributed by atoms with Crippen molar-refractivity contribution in [2.45, 2.75) is 25.4 Å². The molecule has 116 valence electrons. The quantitative estimate of drug-likeness (QED) is 0.760. The Hall–Kier alpha value is -2.54. The first kappa shape index (κ1) is 14.4. The van der Waals surface area contributed by atoms with E-state index in [1.807, 2.05) is 0 Å². The SMILES string of the molecule is COc1ccc(NC(=O)C2CC3C(=O)NC(C)=CN3N2)cc1. The number of nitrogens with one attached hydrogen (secondary N) is 3. The normalized spacial score (nSPS) is 23.5. The van der Waals surface area contributed by atoms with Crippen LogP contribution in [-0.2, 0) is 9.59 Å². The Labute approximate surface area is 128 Å². The van der Waals surface area contributed by atoms with Gasteiger partial charge >= 0.3 is 0 Å². The van der Waals surface area contributed by atoms with Crippen molar-refractivity contribution in [1.82, 2.24) is 15.8 Å². The molecule has 2 aliphatic heterocycles. The molecule has 2 heterocycles. The highest BCUT2D eigenvalue weighted by Gasteiger charge is 2.40. The Bertz CT molecular complexity index is 626. The van der Waals surface area contributed by atoms with Crippen molar-refractivity contribution in [3.8, 4) is 5.75 Å². The highest BCUT2D eigenvalue weighted by molar-refractivity contribution is 5.96. The number of carbonyl (C=O) groups excluding carboxylic acids is 2. The first-order chi connectivity index (χ1) is 10.6. The molecule has 0 bridgehead atoms. The van der Waals surface area contributed by atoms with Gasteiger partial charge < -0.3 is 20.4 Å². The van der Waals surface area contributed by atoms with E-state index in [0.717, 1.165) is 11.4 Å². The molecule has 2 amide bonds. The molecule has 1 saturated heterocycles. The van der Waals surface area contributed by atoms with E-state index in [1.54, 1.807) is 49.5 Å². The summed E-state index contributed by atoms with van der Waals surface area (Å²) in [4.78, 5) is 24.2. The van der Waals surface area contributed by atoms with Crippen LogP contribution in [0.3, 0.4) is 0 Å². The smallest absolute Gasteiger partial charge is 0.248 e. The summed E-state index contributed by atoms with van der Waals surface area (Å²) in [5, 5.41) is 7.30. The van der Waals surface area contributed by atoms with Crippen molar-refractivity contribution < 1.29 is 14.3 Å². The molecule has 2 atom stereocenters. The zero-order chi connectivity index (χ0) is 15.7.